The van der Waals surface area contributed by atoms with Gasteiger partial charge in [-0.05, 0) is 25.5 Å². The topological polar surface area (TPSA) is 95.7 Å². The van der Waals surface area contributed by atoms with Crippen molar-refractivity contribution in [2.75, 3.05) is 20.3 Å². The highest BCUT2D eigenvalue weighted by molar-refractivity contribution is 5.94. The quantitative estimate of drug-likeness (QED) is 0.263. The van der Waals surface area contributed by atoms with Gasteiger partial charge in [-0.25, -0.2) is 0 Å². The summed E-state index contributed by atoms with van der Waals surface area (Å²) in [7, 11) is 1.68. The van der Waals surface area contributed by atoms with E-state index in [-0.39, 0.29) is 12.2 Å². The summed E-state index contributed by atoms with van der Waals surface area (Å²) in [6.45, 7) is 4.43. The number of hydrogen-bond acceptors (Lipinski definition) is 6. The summed E-state index contributed by atoms with van der Waals surface area (Å²) < 4.78 is 22.5. The second kappa shape index (κ2) is 10.4. The van der Waals surface area contributed by atoms with Crippen molar-refractivity contribution < 1.29 is 28.4 Å². The summed E-state index contributed by atoms with van der Waals surface area (Å²) in [4.78, 5) is 31.7. The van der Waals surface area contributed by atoms with Crippen LogP contribution in [-0.4, -0.2) is 37.5 Å². The van der Waals surface area contributed by atoms with Crippen LogP contribution >= 0.6 is 0 Å². The summed E-state index contributed by atoms with van der Waals surface area (Å²) in [6.07, 6.45) is 0.304. The molecule has 8 heteroatoms. The Balaban J connectivity index is 0.000000980. The van der Waals surface area contributed by atoms with Crippen molar-refractivity contribution in [3.8, 4) is 0 Å². The van der Waals surface area contributed by atoms with Gasteiger partial charge in [-0.1, -0.05) is 6.07 Å². The van der Waals surface area contributed by atoms with Crippen molar-refractivity contribution in [1.82, 2.24) is 0 Å². The van der Waals surface area contributed by atoms with E-state index in [1.54, 1.807) is 14.0 Å². The number of carbonyl (C=O) groups excluding carboxylic acids is 2. The Bertz CT molecular complexity index is 518. The van der Waals surface area contributed by atoms with Gasteiger partial charge in [0.2, 0.25) is 5.82 Å². The molecule has 0 saturated carbocycles. The number of hydrogen-bond donors (Lipinski definition) is 0. The third-order valence-corrected chi connectivity index (χ3v) is 2.49. The SMILES string of the molecule is CCOC.CCOC(=O)C(C=O)c1ccc([N+](=O)[O-])c(F)c1. The lowest BCUT2D eigenvalue weighted by molar-refractivity contribution is -0.387. The third-order valence-electron chi connectivity index (χ3n) is 2.49. The largest absolute Gasteiger partial charge is 0.465 e. The van der Waals surface area contributed by atoms with E-state index < -0.39 is 28.3 Å². The summed E-state index contributed by atoms with van der Waals surface area (Å²) in [5.41, 5.74) is -0.696. The standard InChI is InChI=1S/C11H10FNO5.C3H8O/c1-2-18-11(15)8(6-14)7-3-4-10(13(16)17)9(12)5-7;1-3-4-2/h3-6,8H,2H2,1H3;3H2,1-2H3. The Labute approximate surface area is 127 Å². The van der Waals surface area contributed by atoms with E-state index in [1.165, 1.54) is 0 Å². The van der Waals surface area contributed by atoms with E-state index in [9.17, 15) is 24.1 Å². The zero-order valence-corrected chi connectivity index (χ0v) is 12.6. The Morgan fingerprint density at radius 1 is 1.41 bits per heavy atom. The van der Waals surface area contributed by atoms with Gasteiger partial charge in [0.15, 0.2) is 0 Å². The van der Waals surface area contributed by atoms with Crippen LogP contribution < -0.4 is 0 Å². The van der Waals surface area contributed by atoms with E-state index in [0.29, 0.717) is 6.29 Å². The highest BCUT2D eigenvalue weighted by Crippen LogP contribution is 2.23. The molecule has 0 aromatic heterocycles. The van der Waals surface area contributed by atoms with Gasteiger partial charge < -0.3 is 14.3 Å². The minimum Gasteiger partial charge on any atom is -0.465 e. The molecular formula is C14H18FNO6. The molecule has 1 rings (SSSR count). The normalized spacial score (nSPS) is 10.9. The molecule has 1 aromatic carbocycles. The number of nitro groups is 1. The second-order valence-corrected chi connectivity index (χ2v) is 3.91. The van der Waals surface area contributed by atoms with E-state index in [0.717, 1.165) is 24.8 Å². The summed E-state index contributed by atoms with van der Waals surface area (Å²) in [5, 5.41) is 10.4. The van der Waals surface area contributed by atoms with Crippen LogP contribution in [0, 0.1) is 15.9 Å². The first kappa shape index (κ1) is 19.7. The molecule has 122 valence electrons. The molecule has 0 heterocycles. The maximum absolute atomic E-state index is 13.3. The highest BCUT2D eigenvalue weighted by Gasteiger charge is 2.24. The van der Waals surface area contributed by atoms with Crippen LogP contribution in [-0.2, 0) is 19.1 Å². The van der Waals surface area contributed by atoms with E-state index >= 15 is 0 Å². The Hall–Kier alpha value is -2.35. The van der Waals surface area contributed by atoms with Crippen LogP contribution in [0.2, 0.25) is 0 Å². The first-order valence-corrected chi connectivity index (χ1v) is 6.47. The number of halogens is 1. The molecule has 0 N–H and O–H groups in total. The number of carbonyl (C=O) groups is 2. The molecule has 22 heavy (non-hydrogen) atoms. The smallest absolute Gasteiger partial charge is 0.320 e. The number of benzene rings is 1. The fraction of sp³-hybridized carbons (Fsp3) is 0.429. The van der Waals surface area contributed by atoms with Crippen molar-refractivity contribution in [1.29, 1.82) is 0 Å². The lowest BCUT2D eigenvalue weighted by Gasteiger charge is -2.09. The number of rotatable bonds is 6. The molecule has 1 atom stereocenters. The summed E-state index contributed by atoms with van der Waals surface area (Å²) in [5.74, 6) is -3.20. The Kier molecular flexibility index (Phi) is 9.28. The summed E-state index contributed by atoms with van der Waals surface area (Å²) in [6, 6.07) is 2.84. The van der Waals surface area contributed by atoms with Crippen LogP contribution in [0.25, 0.3) is 0 Å². The number of esters is 1. The van der Waals surface area contributed by atoms with Crippen molar-refractivity contribution in [3.63, 3.8) is 0 Å². The van der Waals surface area contributed by atoms with Gasteiger partial charge in [0.1, 0.15) is 12.2 Å². The van der Waals surface area contributed by atoms with E-state index in [2.05, 4.69) is 9.47 Å². The number of nitro benzene ring substituents is 1. The van der Waals surface area contributed by atoms with E-state index in [1.807, 2.05) is 6.92 Å². The van der Waals surface area contributed by atoms with Gasteiger partial charge in [0.25, 0.3) is 0 Å². The molecule has 7 nitrogen and oxygen atoms in total. The first-order chi connectivity index (χ1) is 10.4. The Morgan fingerprint density at radius 3 is 2.36 bits per heavy atom. The van der Waals surface area contributed by atoms with Crippen molar-refractivity contribution in [2.45, 2.75) is 19.8 Å². The molecule has 0 radical (unpaired) electrons. The maximum atomic E-state index is 13.3. The predicted octanol–water partition coefficient (Wildman–Crippen LogP) is 2.23. The molecule has 0 fully saturated rings. The van der Waals surface area contributed by atoms with Crippen LogP contribution in [0.15, 0.2) is 18.2 Å². The average molecular weight is 315 g/mol. The van der Waals surface area contributed by atoms with Gasteiger partial charge in [0.05, 0.1) is 11.5 Å². The van der Waals surface area contributed by atoms with Gasteiger partial charge in [-0.15, -0.1) is 0 Å². The molecule has 0 aliphatic rings. The third kappa shape index (κ3) is 5.96. The lowest BCUT2D eigenvalue weighted by atomic mass is 10.0. The van der Waals surface area contributed by atoms with Crippen molar-refractivity contribution >= 4 is 17.9 Å². The molecular weight excluding hydrogens is 297 g/mol. The number of ether oxygens (including phenoxy) is 2. The van der Waals surface area contributed by atoms with Crippen LogP contribution in [0.1, 0.15) is 25.3 Å². The zero-order valence-electron chi connectivity index (χ0n) is 12.6. The molecule has 0 bridgehead atoms. The maximum Gasteiger partial charge on any atom is 0.320 e. The second-order valence-electron chi connectivity index (χ2n) is 3.91. The molecule has 0 aliphatic carbocycles. The van der Waals surface area contributed by atoms with Gasteiger partial charge >= 0.3 is 11.7 Å². The minimum absolute atomic E-state index is 0.0200. The number of methoxy groups -OCH3 is 1. The van der Waals surface area contributed by atoms with Crippen LogP contribution in [0.4, 0.5) is 10.1 Å². The van der Waals surface area contributed by atoms with Crippen molar-refractivity contribution in [3.05, 3.63) is 39.7 Å². The first-order valence-electron chi connectivity index (χ1n) is 6.47. The molecule has 0 spiro atoms. The Morgan fingerprint density at radius 2 is 2.00 bits per heavy atom. The molecule has 1 aromatic rings. The molecule has 1 unspecified atom stereocenters. The fourth-order valence-corrected chi connectivity index (χ4v) is 1.37. The van der Waals surface area contributed by atoms with Gasteiger partial charge in [0, 0.05) is 19.8 Å². The highest BCUT2D eigenvalue weighted by atomic mass is 19.1. The average Bonchev–Trinajstić information content (AvgIpc) is 2.48. The zero-order chi connectivity index (χ0) is 17.1. The van der Waals surface area contributed by atoms with Gasteiger partial charge in [-0.3, -0.25) is 14.9 Å². The van der Waals surface area contributed by atoms with Crippen molar-refractivity contribution in [2.24, 2.45) is 0 Å². The van der Waals surface area contributed by atoms with Crippen LogP contribution in [0.3, 0.4) is 0 Å². The number of aldehydes is 1. The van der Waals surface area contributed by atoms with E-state index in [4.69, 9.17) is 0 Å². The molecule has 0 aliphatic heterocycles. The lowest BCUT2D eigenvalue weighted by Crippen LogP contribution is -2.17. The molecule has 0 saturated heterocycles. The predicted molar refractivity (Wildman–Crippen MR) is 76.0 cm³/mol. The summed E-state index contributed by atoms with van der Waals surface area (Å²) >= 11 is 0. The molecule has 0 amide bonds. The van der Waals surface area contributed by atoms with Crippen LogP contribution in [0.5, 0.6) is 0 Å². The fourth-order valence-electron chi connectivity index (χ4n) is 1.37. The minimum atomic E-state index is -1.28. The van der Waals surface area contributed by atoms with Gasteiger partial charge in [-0.2, -0.15) is 4.39 Å². The monoisotopic (exact) mass is 315 g/mol. The number of nitrogens with zero attached hydrogens (tertiary/aromatic N) is 1.